The molecule has 0 saturated heterocycles. The molecule has 2 aromatic carbocycles. The van der Waals surface area contributed by atoms with E-state index < -0.39 is 0 Å². The number of aryl methyl sites for hydroxylation is 2. The Morgan fingerprint density at radius 1 is 1.24 bits per heavy atom. The molecule has 0 bridgehead atoms. The number of rotatable bonds is 3. The van der Waals surface area contributed by atoms with Crippen molar-refractivity contribution in [3.63, 3.8) is 0 Å². The van der Waals surface area contributed by atoms with Gasteiger partial charge in [-0.1, -0.05) is 19.1 Å². The lowest BCUT2D eigenvalue weighted by Gasteiger charge is -2.20. The number of amides is 1. The van der Waals surface area contributed by atoms with Gasteiger partial charge in [0.2, 0.25) is 5.91 Å². The largest absolute Gasteiger partial charge is 0.397 e. The van der Waals surface area contributed by atoms with Crippen molar-refractivity contribution in [2.45, 2.75) is 26.2 Å². The van der Waals surface area contributed by atoms with Crippen LogP contribution in [0.3, 0.4) is 0 Å². The van der Waals surface area contributed by atoms with Gasteiger partial charge in [-0.05, 0) is 48.2 Å². The first kappa shape index (κ1) is 13.5. The van der Waals surface area contributed by atoms with Crippen LogP contribution in [0, 0.1) is 0 Å². The van der Waals surface area contributed by atoms with E-state index in [9.17, 15) is 4.79 Å². The lowest BCUT2D eigenvalue weighted by Crippen LogP contribution is -2.19. The average Bonchev–Trinajstić information content (AvgIpc) is 2.49. The Kier molecular flexibility index (Phi) is 3.52. The van der Waals surface area contributed by atoms with Gasteiger partial charge in [0.05, 0.1) is 11.4 Å². The number of anilines is 4. The molecule has 1 heterocycles. The zero-order valence-corrected chi connectivity index (χ0v) is 12.1. The summed E-state index contributed by atoms with van der Waals surface area (Å²) < 4.78 is 0. The molecule has 1 amide bonds. The van der Waals surface area contributed by atoms with Crippen molar-refractivity contribution in [1.29, 1.82) is 0 Å². The Balaban J connectivity index is 1.91. The number of hydrogen-bond donors (Lipinski definition) is 3. The van der Waals surface area contributed by atoms with Gasteiger partial charge >= 0.3 is 0 Å². The minimum atomic E-state index is 0.0613. The number of fused-ring (bicyclic) bond motifs is 1. The normalized spacial score (nSPS) is 13.5. The van der Waals surface area contributed by atoms with E-state index in [0.717, 1.165) is 35.5 Å². The predicted molar refractivity (Wildman–Crippen MR) is 86.9 cm³/mol. The second-order valence-electron chi connectivity index (χ2n) is 5.32. The van der Waals surface area contributed by atoms with Crippen LogP contribution >= 0.6 is 0 Å². The molecule has 21 heavy (non-hydrogen) atoms. The van der Waals surface area contributed by atoms with E-state index in [2.05, 4.69) is 29.7 Å². The third kappa shape index (κ3) is 2.84. The minimum Gasteiger partial charge on any atom is -0.397 e. The van der Waals surface area contributed by atoms with Gasteiger partial charge in [-0.15, -0.1) is 0 Å². The SMILES string of the molecule is CCc1cccc(Nc2cc3c(cc2N)CCC(=O)N3)c1. The van der Waals surface area contributed by atoms with Gasteiger partial charge < -0.3 is 16.4 Å². The Bertz CT molecular complexity index is 694. The smallest absolute Gasteiger partial charge is 0.224 e. The van der Waals surface area contributed by atoms with Gasteiger partial charge in [0.1, 0.15) is 0 Å². The summed E-state index contributed by atoms with van der Waals surface area (Å²) in [6.07, 6.45) is 2.26. The molecule has 0 radical (unpaired) electrons. The minimum absolute atomic E-state index is 0.0613. The average molecular weight is 281 g/mol. The third-order valence-corrected chi connectivity index (χ3v) is 3.79. The monoisotopic (exact) mass is 281 g/mol. The fraction of sp³-hybridized carbons (Fsp3) is 0.235. The van der Waals surface area contributed by atoms with Gasteiger partial charge in [-0.25, -0.2) is 0 Å². The molecule has 4 nitrogen and oxygen atoms in total. The Hall–Kier alpha value is -2.49. The fourth-order valence-corrected chi connectivity index (χ4v) is 2.58. The van der Waals surface area contributed by atoms with E-state index in [1.807, 2.05) is 24.3 Å². The van der Waals surface area contributed by atoms with Gasteiger partial charge in [0, 0.05) is 17.8 Å². The molecule has 0 aromatic heterocycles. The van der Waals surface area contributed by atoms with Crippen LogP contribution in [0.15, 0.2) is 36.4 Å². The van der Waals surface area contributed by atoms with Gasteiger partial charge in [0.25, 0.3) is 0 Å². The van der Waals surface area contributed by atoms with Crippen molar-refractivity contribution in [3.8, 4) is 0 Å². The summed E-state index contributed by atoms with van der Waals surface area (Å²) in [7, 11) is 0. The van der Waals surface area contributed by atoms with E-state index in [1.54, 1.807) is 0 Å². The van der Waals surface area contributed by atoms with E-state index >= 15 is 0 Å². The zero-order chi connectivity index (χ0) is 14.8. The first-order chi connectivity index (χ1) is 10.2. The molecule has 1 aliphatic rings. The lowest BCUT2D eigenvalue weighted by molar-refractivity contribution is -0.116. The van der Waals surface area contributed by atoms with Crippen LogP contribution in [0.5, 0.6) is 0 Å². The van der Waals surface area contributed by atoms with Gasteiger partial charge in [-0.2, -0.15) is 0 Å². The van der Waals surface area contributed by atoms with E-state index in [0.29, 0.717) is 12.1 Å². The van der Waals surface area contributed by atoms with E-state index in [4.69, 9.17) is 5.73 Å². The van der Waals surface area contributed by atoms with Crippen LogP contribution in [-0.4, -0.2) is 5.91 Å². The van der Waals surface area contributed by atoms with Crippen LogP contribution in [0.2, 0.25) is 0 Å². The summed E-state index contributed by atoms with van der Waals surface area (Å²) in [5, 5.41) is 6.24. The maximum atomic E-state index is 11.5. The number of nitrogens with two attached hydrogens (primary N) is 1. The number of nitrogens with one attached hydrogen (secondary N) is 2. The Morgan fingerprint density at radius 3 is 2.90 bits per heavy atom. The molecule has 4 heteroatoms. The standard InChI is InChI=1S/C17H19N3O/c1-2-11-4-3-5-13(8-11)19-16-10-15-12(9-14(16)18)6-7-17(21)20-15/h3-5,8-10,19H,2,6-7,18H2,1H3,(H,20,21). The molecule has 3 rings (SSSR count). The van der Waals surface area contributed by atoms with Crippen molar-refractivity contribution in [2.75, 3.05) is 16.4 Å². The summed E-state index contributed by atoms with van der Waals surface area (Å²) >= 11 is 0. The second-order valence-corrected chi connectivity index (χ2v) is 5.32. The Morgan fingerprint density at radius 2 is 2.10 bits per heavy atom. The molecular formula is C17H19N3O. The fourth-order valence-electron chi connectivity index (χ4n) is 2.58. The van der Waals surface area contributed by atoms with Crippen molar-refractivity contribution in [1.82, 2.24) is 0 Å². The first-order valence-electron chi connectivity index (χ1n) is 7.24. The summed E-state index contributed by atoms with van der Waals surface area (Å²) in [6, 6.07) is 12.1. The van der Waals surface area contributed by atoms with Gasteiger partial charge in [0.15, 0.2) is 0 Å². The van der Waals surface area contributed by atoms with E-state index in [-0.39, 0.29) is 5.91 Å². The molecule has 0 atom stereocenters. The van der Waals surface area contributed by atoms with Crippen LogP contribution in [0.25, 0.3) is 0 Å². The highest BCUT2D eigenvalue weighted by molar-refractivity contribution is 5.96. The molecule has 0 aliphatic carbocycles. The lowest BCUT2D eigenvalue weighted by atomic mass is 10.0. The van der Waals surface area contributed by atoms with Crippen molar-refractivity contribution in [2.24, 2.45) is 0 Å². The third-order valence-electron chi connectivity index (χ3n) is 3.79. The molecule has 0 spiro atoms. The van der Waals surface area contributed by atoms with Crippen LogP contribution in [-0.2, 0) is 17.6 Å². The second kappa shape index (κ2) is 5.48. The van der Waals surface area contributed by atoms with E-state index in [1.165, 1.54) is 5.56 Å². The molecule has 108 valence electrons. The molecule has 0 saturated carbocycles. The van der Waals surface area contributed by atoms with Crippen LogP contribution in [0.1, 0.15) is 24.5 Å². The van der Waals surface area contributed by atoms with Crippen LogP contribution < -0.4 is 16.4 Å². The molecule has 0 fully saturated rings. The molecule has 2 aromatic rings. The summed E-state index contributed by atoms with van der Waals surface area (Å²) in [4.78, 5) is 11.5. The molecule has 1 aliphatic heterocycles. The number of carbonyl (C=O) groups is 1. The number of benzene rings is 2. The zero-order valence-electron chi connectivity index (χ0n) is 12.1. The number of carbonyl (C=O) groups excluding carboxylic acids is 1. The molecule has 0 unspecified atom stereocenters. The maximum absolute atomic E-state index is 11.5. The predicted octanol–water partition coefficient (Wildman–Crippen LogP) is 3.46. The quantitative estimate of drug-likeness (QED) is 0.755. The summed E-state index contributed by atoms with van der Waals surface area (Å²) in [5.74, 6) is 0.0613. The first-order valence-corrected chi connectivity index (χ1v) is 7.24. The number of nitrogen functional groups attached to an aromatic ring is 1. The van der Waals surface area contributed by atoms with Crippen molar-refractivity contribution < 1.29 is 4.79 Å². The highest BCUT2D eigenvalue weighted by Crippen LogP contribution is 2.32. The van der Waals surface area contributed by atoms with Crippen LogP contribution in [0.4, 0.5) is 22.7 Å². The topological polar surface area (TPSA) is 67.1 Å². The Labute approximate surface area is 124 Å². The van der Waals surface area contributed by atoms with Gasteiger partial charge in [-0.3, -0.25) is 4.79 Å². The number of hydrogen-bond acceptors (Lipinski definition) is 3. The summed E-state index contributed by atoms with van der Waals surface area (Å²) in [5.41, 5.74) is 11.9. The van der Waals surface area contributed by atoms with Crippen molar-refractivity contribution in [3.05, 3.63) is 47.5 Å². The van der Waals surface area contributed by atoms with Crippen molar-refractivity contribution >= 4 is 28.7 Å². The highest BCUT2D eigenvalue weighted by Gasteiger charge is 2.16. The summed E-state index contributed by atoms with van der Waals surface area (Å²) in [6.45, 7) is 2.13. The maximum Gasteiger partial charge on any atom is 0.224 e. The molecule has 4 N–H and O–H groups in total. The molecular weight excluding hydrogens is 262 g/mol. The highest BCUT2D eigenvalue weighted by atomic mass is 16.1.